The molecule has 0 N–H and O–H groups in total. The Hall–Kier alpha value is -4.01. The normalized spacial score (nSPS) is 11.5. The largest absolute Gasteiger partial charge is 0.496 e. The summed E-state index contributed by atoms with van der Waals surface area (Å²) in [6.45, 7) is 2.71. The summed E-state index contributed by atoms with van der Waals surface area (Å²) in [6.07, 6.45) is 3.32. The Kier molecular flexibility index (Phi) is 4.32. The molecule has 0 fully saturated rings. The Morgan fingerprint density at radius 2 is 2.00 bits per heavy atom. The summed E-state index contributed by atoms with van der Waals surface area (Å²) >= 11 is 0. The number of halogens is 1. The first kappa shape index (κ1) is 19.0. The van der Waals surface area contributed by atoms with Crippen molar-refractivity contribution in [2.24, 2.45) is 7.05 Å². The van der Waals surface area contributed by atoms with Gasteiger partial charge >= 0.3 is 5.76 Å². The van der Waals surface area contributed by atoms with Crippen LogP contribution in [0.2, 0.25) is 0 Å². The zero-order chi connectivity index (χ0) is 21.7. The van der Waals surface area contributed by atoms with E-state index in [9.17, 15) is 9.18 Å². The molecule has 3 heterocycles. The molecule has 5 rings (SSSR count). The highest BCUT2D eigenvalue weighted by atomic mass is 19.1. The molecule has 9 heteroatoms. The summed E-state index contributed by atoms with van der Waals surface area (Å²) in [7, 11) is 3.10. The molecule has 156 valence electrons. The average molecular weight is 419 g/mol. The minimum atomic E-state index is -0.500. The van der Waals surface area contributed by atoms with Crippen LogP contribution < -0.4 is 10.5 Å². The van der Waals surface area contributed by atoms with Crippen LogP contribution in [0.1, 0.15) is 6.92 Å². The van der Waals surface area contributed by atoms with E-state index in [2.05, 4.69) is 15.2 Å². The molecule has 2 aromatic carbocycles. The van der Waals surface area contributed by atoms with E-state index in [0.29, 0.717) is 45.7 Å². The second-order valence-corrected chi connectivity index (χ2v) is 7.10. The van der Waals surface area contributed by atoms with Crippen LogP contribution in [0.5, 0.6) is 5.75 Å². The van der Waals surface area contributed by atoms with Gasteiger partial charge in [-0.3, -0.25) is 4.57 Å². The van der Waals surface area contributed by atoms with Crippen LogP contribution in [-0.2, 0) is 13.6 Å². The Balaban J connectivity index is 1.74. The van der Waals surface area contributed by atoms with Gasteiger partial charge in [0.2, 0.25) is 0 Å². The summed E-state index contributed by atoms with van der Waals surface area (Å²) < 4.78 is 29.0. The van der Waals surface area contributed by atoms with E-state index in [1.54, 1.807) is 43.8 Å². The molecular formula is C22H18FN5O3. The van der Waals surface area contributed by atoms with E-state index in [0.717, 1.165) is 11.1 Å². The number of hydrogen-bond donors (Lipinski definition) is 0. The van der Waals surface area contributed by atoms with Crippen molar-refractivity contribution in [3.8, 4) is 28.0 Å². The van der Waals surface area contributed by atoms with Crippen LogP contribution in [0.15, 0.2) is 52.1 Å². The van der Waals surface area contributed by atoms with Gasteiger partial charge in [0, 0.05) is 36.3 Å². The second-order valence-electron chi connectivity index (χ2n) is 7.10. The zero-order valence-electron chi connectivity index (χ0n) is 17.1. The van der Waals surface area contributed by atoms with Crippen molar-refractivity contribution in [3.63, 3.8) is 0 Å². The van der Waals surface area contributed by atoms with Gasteiger partial charge in [0.25, 0.3) is 0 Å². The molecule has 0 amide bonds. The molecule has 8 nitrogen and oxygen atoms in total. The molecule has 0 radical (unpaired) electrons. The highest BCUT2D eigenvalue weighted by Crippen LogP contribution is 2.38. The molecule has 3 aromatic heterocycles. The minimum Gasteiger partial charge on any atom is -0.496 e. The van der Waals surface area contributed by atoms with Gasteiger partial charge in [-0.1, -0.05) is 6.07 Å². The number of rotatable bonds is 4. The van der Waals surface area contributed by atoms with Crippen molar-refractivity contribution in [2.75, 3.05) is 7.11 Å². The van der Waals surface area contributed by atoms with E-state index in [1.165, 1.54) is 17.7 Å². The predicted molar refractivity (Wildman–Crippen MR) is 113 cm³/mol. The Bertz CT molecular complexity index is 1520. The summed E-state index contributed by atoms with van der Waals surface area (Å²) in [5, 5.41) is 8.28. The van der Waals surface area contributed by atoms with Gasteiger partial charge in [-0.25, -0.2) is 14.2 Å². The summed E-state index contributed by atoms with van der Waals surface area (Å²) in [6, 6.07) is 8.05. The van der Waals surface area contributed by atoms with Gasteiger partial charge < -0.3 is 13.7 Å². The number of oxazole rings is 1. The number of nitrogens with zero attached hydrogens (tertiary/aromatic N) is 5. The van der Waals surface area contributed by atoms with E-state index in [4.69, 9.17) is 9.15 Å². The molecule has 0 aliphatic heterocycles. The van der Waals surface area contributed by atoms with Crippen molar-refractivity contribution in [1.82, 2.24) is 24.3 Å². The SMILES string of the molecule is CCn1cnc2c(-c3ccc(F)c(-c4cc5oc(=O)n(C)c5cc4OC)c3)cnnc21. The van der Waals surface area contributed by atoms with Crippen LogP contribution in [0.25, 0.3) is 44.5 Å². The van der Waals surface area contributed by atoms with Gasteiger partial charge in [0.1, 0.15) is 17.1 Å². The van der Waals surface area contributed by atoms with E-state index in [-0.39, 0.29) is 0 Å². The molecule has 0 saturated carbocycles. The maximum atomic E-state index is 14.9. The quantitative estimate of drug-likeness (QED) is 0.441. The van der Waals surface area contributed by atoms with Gasteiger partial charge in [-0.15, -0.1) is 5.10 Å². The maximum Gasteiger partial charge on any atom is 0.419 e. The Labute approximate surface area is 175 Å². The van der Waals surface area contributed by atoms with E-state index >= 15 is 0 Å². The zero-order valence-corrected chi connectivity index (χ0v) is 17.1. The lowest BCUT2D eigenvalue weighted by Gasteiger charge is -2.12. The topological polar surface area (TPSA) is 88.0 Å². The number of methoxy groups -OCH3 is 1. The average Bonchev–Trinajstić information content (AvgIpc) is 3.33. The van der Waals surface area contributed by atoms with Crippen molar-refractivity contribution in [1.29, 1.82) is 0 Å². The number of ether oxygens (including phenoxy) is 1. The van der Waals surface area contributed by atoms with Gasteiger partial charge in [0.05, 0.1) is 25.2 Å². The number of benzene rings is 2. The lowest BCUT2D eigenvalue weighted by Crippen LogP contribution is -2.08. The first-order valence-corrected chi connectivity index (χ1v) is 9.66. The van der Waals surface area contributed by atoms with Crippen molar-refractivity contribution in [2.45, 2.75) is 13.5 Å². The molecule has 5 aromatic rings. The van der Waals surface area contributed by atoms with E-state index in [1.807, 2.05) is 11.5 Å². The summed E-state index contributed by atoms with van der Waals surface area (Å²) in [5.74, 6) is -0.509. The molecule has 0 atom stereocenters. The third kappa shape index (κ3) is 2.89. The monoisotopic (exact) mass is 419 g/mol. The molecule has 0 unspecified atom stereocenters. The number of imidazole rings is 1. The standard InChI is InChI=1S/C22H18FN5O3/c1-4-28-11-24-20-15(10-25-26-21(20)28)12-5-6-16(23)13(7-12)14-8-19-17(9-18(14)30-3)27(2)22(29)31-19/h5-11H,4H2,1-3H3. The van der Waals surface area contributed by atoms with Crippen LogP contribution in [0.4, 0.5) is 4.39 Å². The fraction of sp³-hybridized carbons (Fsp3) is 0.182. The van der Waals surface area contributed by atoms with Crippen molar-refractivity contribution < 1.29 is 13.5 Å². The third-order valence-electron chi connectivity index (χ3n) is 5.43. The second kappa shape index (κ2) is 7.05. The van der Waals surface area contributed by atoms with Crippen LogP contribution in [0, 0.1) is 5.82 Å². The molecular weight excluding hydrogens is 401 g/mol. The molecule has 0 saturated heterocycles. The maximum absolute atomic E-state index is 14.9. The molecule has 31 heavy (non-hydrogen) atoms. The van der Waals surface area contributed by atoms with Crippen molar-refractivity contribution >= 4 is 22.3 Å². The van der Waals surface area contributed by atoms with Gasteiger partial charge in [0.15, 0.2) is 11.2 Å². The van der Waals surface area contributed by atoms with Gasteiger partial charge in [-0.2, -0.15) is 5.10 Å². The summed E-state index contributed by atoms with van der Waals surface area (Å²) in [4.78, 5) is 16.4. The van der Waals surface area contributed by atoms with Crippen LogP contribution in [0.3, 0.4) is 0 Å². The van der Waals surface area contributed by atoms with Crippen LogP contribution in [-0.4, -0.2) is 31.4 Å². The number of aryl methyl sites for hydroxylation is 2. The highest BCUT2D eigenvalue weighted by molar-refractivity contribution is 5.91. The number of fused-ring (bicyclic) bond motifs is 2. The lowest BCUT2D eigenvalue weighted by atomic mass is 9.98. The fourth-order valence-electron chi connectivity index (χ4n) is 3.75. The fourth-order valence-corrected chi connectivity index (χ4v) is 3.75. The van der Waals surface area contributed by atoms with Crippen LogP contribution >= 0.6 is 0 Å². The number of hydrogen-bond acceptors (Lipinski definition) is 6. The molecule has 0 aliphatic rings. The highest BCUT2D eigenvalue weighted by Gasteiger charge is 2.18. The van der Waals surface area contributed by atoms with Gasteiger partial charge in [-0.05, 0) is 30.7 Å². The minimum absolute atomic E-state index is 0.308. The molecule has 0 spiro atoms. The van der Waals surface area contributed by atoms with Crippen molar-refractivity contribution in [3.05, 3.63) is 59.2 Å². The smallest absolute Gasteiger partial charge is 0.419 e. The van der Waals surface area contributed by atoms with E-state index < -0.39 is 11.6 Å². The Morgan fingerprint density at radius 1 is 1.16 bits per heavy atom. The first-order chi connectivity index (χ1) is 15.0. The first-order valence-electron chi connectivity index (χ1n) is 9.66. The summed E-state index contributed by atoms with van der Waals surface area (Å²) in [5.41, 5.74) is 4.51. The predicted octanol–water partition coefficient (Wildman–Crippen LogP) is 3.77. The Morgan fingerprint density at radius 3 is 2.77 bits per heavy atom. The lowest BCUT2D eigenvalue weighted by molar-refractivity contribution is 0.416. The molecule has 0 aliphatic carbocycles. The third-order valence-corrected chi connectivity index (χ3v) is 5.43. The molecule has 0 bridgehead atoms. The number of aromatic nitrogens is 5.